The van der Waals surface area contributed by atoms with E-state index in [1.165, 1.54) is 0 Å². The molecule has 1 heterocycles. The van der Waals surface area contributed by atoms with Crippen molar-refractivity contribution in [3.63, 3.8) is 0 Å². The van der Waals surface area contributed by atoms with Gasteiger partial charge in [0.15, 0.2) is 0 Å². The smallest absolute Gasteiger partial charge is 0.0664 e. The lowest BCUT2D eigenvalue weighted by molar-refractivity contribution is 0.948. The van der Waals surface area contributed by atoms with Gasteiger partial charge in [0.05, 0.1) is 5.69 Å². The predicted octanol–water partition coefficient (Wildman–Crippen LogP) is 0.431. The lowest BCUT2D eigenvalue weighted by atomic mass is 10.2. The van der Waals surface area contributed by atoms with Crippen molar-refractivity contribution in [1.82, 2.24) is 10.2 Å². The molecule has 0 aliphatic carbocycles. The van der Waals surface area contributed by atoms with Crippen LogP contribution in [0.4, 0.5) is 0 Å². The average molecular weight is 125 g/mol. The summed E-state index contributed by atoms with van der Waals surface area (Å²) in [5, 5.41) is 6.77. The van der Waals surface area contributed by atoms with Gasteiger partial charge in [-0.2, -0.15) is 5.10 Å². The van der Waals surface area contributed by atoms with Crippen molar-refractivity contribution in [1.29, 1.82) is 0 Å². The average Bonchev–Trinajstić information content (AvgIpc) is 2.33. The standard InChI is InChI=1S/C6H11N3/c1-2-6-5(3-7)4-8-9-6/h4H,2-3,7H2,1H3,(H,8,9). The molecule has 50 valence electrons. The molecule has 0 saturated heterocycles. The Bertz CT molecular complexity index is 162. The molecule has 0 aromatic carbocycles. The second kappa shape index (κ2) is 2.64. The van der Waals surface area contributed by atoms with Gasteiger partial charge in [-0.25, -0.2) is 0 Å². The lowest BCUT2D eigenvalue weighted by Crippen LogP contribution is -1.97. The highest BCUT2D eigenvalue weighted by atomic mass is 15.1. The number of aromatic amines is 1. The van der Waals surface area contributed by atoms with E-state index in [1.807, 2.05) is 6.20 Å². The molecule has 3 heteroatoms. The van der Waals surface area contributed by atoms with E-state index in [0.29, 0.717) is 6.54 Å². The zero-order valence-corrected chi connectivity index (χ0v) is 5.52. The molecule has 9 heavy (non-hydrogen) atoms. The van der Waals surface area contributed by atoms with Crippen LogP contribution in [0.2, 0.25) is 0 Å². The first-order valence-electron chi connectivity index (χ1n) is 3.10. The first kappa shape index (κ1) is 6.29. The molecule has 0 aliphatic rings. The Morgan fingerprint density at radius 2 is 2.56 bits per heavy atom. The van der Waals surface area contributed by atoms with Gasteiger partial charge in [0, 0.05) is 18.3 Å². The molecule has 3 N–H and O–H groups in total. The van der Waals surface area contributed by atoms with Gasteiger partial charge in [-0.1, -0.05) is 6.92 Å². The van der Waals surface area contributed by atoms with Gasteiger partial charge >= 0.3 is 0 Å². The maximum absolute atomic E-state index is 5.41. The van der Waals surface area contributed by atoms with E-state index in [0.717, 1.165) is 17.7 Å². The summed E-state index contributed by atoms with van der Waals surface area (Å²) in [6, 6.07) is 0. The first-order chi connectivity index (χ1) is 4.38. The minimum Gasteiger partial charge on any atom is -0.326 e. The van der Waals surface area contributed by atoms with Crippen LogP contribution in [0, 0.1) is 0 Å². The summed E-state index contributed by atoms with van der Waals surface area (Å²) < 4.78 is 0. The van der Waals surface area contributed by atoms with Crippen LogP contribution < -0.4 is 5.73 Å². The third-order valence-electron chi connectivity index (χ3n) is 1.36. The van der Waals surface area contributed by atoms with Crippen LogP contribution >= 0.6 is 0 Å². The normalized spacial score (nSPS) is 10.0. The first-order valence-corrected chi connectivity index (χ1v) is 3.10. The number of nitrogens with one attached hydrogen (secondary N) is 1. The van der Waals surface area contributed by atoms with Crippen molar-refractivity contribution in [3.8, 4) is 0 Å². The van der Waals surface area contributed by atoms with Crippen LogP contribution in [0.3, 0.4) is 0 Å². The molecule has 1 aromatic heterocycles. The number of aromatic nitrogens is 2. The molecule has 0 fully saturated rings. The van der Waals surface area contributed by atoms with E-state index in [-0.39, 0.29) is 0 Å². The fourth-order valence-corrected chi connectivity index (χ4v) is 0.826. The van der Waals surface area contributed by atoms with Gasteiger partial charge in [-0.05, 0) is 6.42 Å². The highest BCUT2D eigenvalue weighted by Gasteiger charge is 1.98. The number of hydrogen-bond donors (Lipinski definition) is 2. The zero-order valence-electron chi connectivity index (χ0n) is 5.52. The van der Waals surface area contributed by atoms with E-state index < -0.39 is 0 Å². The molecule has 3 nitrogen and oxygen atoms in total. The Hall–Kier alpha value is -0.830. The summed E-state index contributed by atoms with van der Waals surface area (Å²) in [6.07, 6.45) is 2.80. The molecule has 0 aliphatic heterocycles. The molecule has 1 aromatic rings. The predicted molar refractivity (Wildman–Crippen MR) is 35.9 cm³/mol. The number of nitrogens with zero attached hydrogens (tertiary/aromatic N) is 1. The number of aryl methyl sites for hydroxylation is 1. The Balaban J connectivity index is 2.85. The highest BCUT2D eigenvalue weighted by molar-refractivity contribution is 5.15. The molecule has 0 bridgehead atoms. The second-order valence-electron chi connectivity index (χ2n) is 1.91. The zero-order chi connectivity index (χ0) is 6.69. The van der Waals surface area contributed by atoms with Crippen LogP contribution in [0.1, 0.15) is 18.2 Å². The maximum Gasteiger partial charge on any atom is 0.0664 e. The van der Waals surface area contributed by atoms with Crippen LogP contribution in [-0.2, 0) is 13.0 Å². The van der Waals surface area contributed by atoms with Crippen LogP contribution in [-0.4, -0.2) is 10.2 Å². The summed E-state index contributed by atoms with van der Waals surface area (Å²) in [5.41, 5.74) is 7.61. The van der Waals surface area contributed by atoms with Gasteiger partial charge < -0.3 is 5.73 Å². The van der Waals surface area contributed by atoms with E-state index in [1.54, 1.807) is 0 Å². The van der Waals surface area contributed by atoms with Crippen molar-refractivity contribution in [2.75, 3.05) is 0 Å². The molecule has 0 radical (unpaired) electrons. The van der Waals surface area contributed by atoms with Crippen molar-refractivity contribution in [3.05, 3.63) is 17.5 Å². The topological polar surface area (TPSA) is 54.7 Å². The van der Waals surface area contributed by atoms with Gasteiger partial charge in [-0.3, -0.25) is 5.10 Å². The number of rotatable bonds is 2. The van der Waals surface area contributed by atoms with Gasteiger partial charge in [-0.15, -0.1) is 0 Å². The summed E-state index contributed by atoms with van der Waals surface area (Å²) in [5.74, 6) is 0. The molecule has 0 amide bonds. The molecule has 0 atom stereocenters. The number of hydrogen-bond acceptors (Lipinski definition) is 2. The largest absolute Gasteiger partial charge is 0.326 e. The Morgan fingerprint density at radius 1 is 1.78 bits per heavy atom. The van der Waals surface area contributed by atoms with Crippen LogP contribution in [0.25, 0.3) is 0 Å². The highest BCUT2D eigenvalue weighted by Crippen LogP contribution is 2.02. The SMILES string of the molecule is CCc1n[nH]cc1CN. The summed E-state index contributed by atoms with van der Waals surface area (Å²) >= 11 is 0. The molecular formula is C6H11N3. The third-order valence-corrected chi connectivity index (χ3v) is 1.36. The number of H-pyrrole nitrogens is 1. The molecule has 0 unspecified atom stereocenters. The second-order valence-corrected chi connectivity index (χ2v) is 1.91. The molecule has 0 spiro atoms. The molecular weight excluding hydrogens is 114 g/mol. The minimum absolute atomic E-state index is 0.583. The Labute approximate surface area is 54.3 Å². The monoisotopic (exact) mass is 125 g/mol. The fraction of sp³-hybridized carbons (Fsp3) is 0.500. The number of nitrogens with two attached hydrogens (primary N) is 1. The Morgan fingerprint density at radius 3 is 3.00 bits per heavy atom. The fourth-order valence-electron chi connectivity index (χ4n) is 0.826. The van der Waals surface area contributed by atoms with E-state index in [2.05, 4.69) is 17.1 Å². The van der Waals surface area contributed by atoms with E-state index in [9.17, 15) is 0 Å². The summed E-state index contributed by atoms with van der Waals surface area (Å²) in [4.78, 5) is 0. The molecule has 0 saturated carbocycles. The van der Waals surface area contributed by atoms with Gasteiger partial charge in [0.2, 0.25) is 0 Å². The summed E-state index contributed by atoms with van der Waals surface area (Å²) in [7, 11) is 0. The van der Waals surface area contributed by atoms with Gasteiger partial charge in [0.25, 0.3) is 0 Å². The summed E-state index contributed by atoms with van der Waals surface area (Å²) in [6.45, 7) is 2.65. The quantitative estimate of drug-likeness (QED) is 0.602. The van der Waals surface area contributed by atoms with Crippen molar-refractivity contribution < 1.29 is 0 Å². The maximum atomic E-state index is 5.41. The van der Waals surface area contributed by atoms with E-state index in [4.69, 9.17) is 5.73 Å². The van der Waals surface area contributed by atoms with Crippen LogP contribution in [0.5, 0.6) is 0 Å². The van der Waals surface area contributed by atoms with Crippen molar-refractivity contribution in [2.45, 2.75) is 19.9 Å². The minimum atomic E-state index is 0.583. The van der Waals surface area contributed by atoms with Crippen molar-refractivity contribution >= 4 is 0 Å². The third kappa shape index (κ3) is 1.10. The van der Waals surface area contributed by atoms with Gasteiger partial charge in [0.1, 0.15) is 0 Å². The van der Waals surface area contributed by atoms with Crippen molar-refractivity contribution in [2.24, 2.45) is 5.73 Å². The van der Waals surface area contributed by atoms with Crippen LogP contribution in [0.15, 0.2) is 6.20 Å². The van der Waals surface area contributed by atoms with E-state index >= 15 is 0 Å². The lowest BCUT2D eigenvalue weighted by Gasteiger charge is -1.90. The Kier molecular flexibility index (Phi) is 1.85. The molecule has 1 rings (SSSR count).